The molecule has 2 unspecified atom stereocenters. The van der Waals surface area contributed by atoms with Crippen LogP contribution in [0.15, 0.2) is 60.7 Å². The number of rotatable bonds is 6. The first kappa shape index (κ1) is 25.3. The molecule has 2 atom stereocenters. The molecule has 2 aromatic rings. The summed E-state index contributed by atoms with van der Waals surface area (Å²) in [5.41, 5.74) is 0.662. The maximum absolute atomic E-state index is 10.2. The van der Waals surface area contributed by atoms with E-state index in [1.165, 1.54) is 0 Å². The lowest BCUT2D eigenvalue weighted by molar-refractivity contribution is 0.0186. The highest BCUT2D eigenvalue weighted by atomic mass is 16.4. The van der Waals surface area contributed by atoms with Gasteiger partial charge in [-0.1, -0.05) is 57.2 Å². The van der Waals surface area contributed by atoms with Gasteiger partial charge in [0.1, 0.15) is 0 Å². The summed E-state index contributed by atoms with van der Waals surface area (Å²) in [5, 5.41) is 35.3. The van der Waals surface area contributed by atoms with Gasteiger partial charge in [0.15, 0.2) is 0 Å². The van der Waals surface area contributed by atoms with Gasteiger partial charge in [-0.05, 0) is 37.1 Å². The zero-order chi connectivity index (χ0) is 21.5. The minimum Gasteiger partial charge on any atom is -0.478 e. The highest BCUT2D eigenvalue weighted by molar-refractivity contribution is 5.87. The molecule has 0 aromatic heterocycles. The first-order valence-electron chi connectivity index (χ1n) is 9.17. The molecule has 0 amide bonds. The fourth-order valence-electron chi connectivity index (χ4n) is 2.16. The highest BCUT2D eigenvalue weighted by Crippen LogP contribution is 2.13. The van der Waals surface area contributed by atoms with Crippen molar-refractivity contribution in [2.45, 2.75) is 45.8 Å². The Morgan fingerprint density at radius 1 is 0.714 bits per heavy atom. The molecule has 28 heavy (non-hydrogen) atoms. The summed E-state index contributed by atoms with van der Waals surface area (Å²) < 4.78 is 0. The maximum Gasteiger partial charge on any atom is 0.335 e. The zero-order valence-electron chi connectivity index (χ0n) is 16.5. The van der Waals surface area contributed by atoms with Gasteiger partial charge in [-0.2, -0.15) is 0 Å². The molecule has 0 saturated heterocycles. The van der Waals surface area contributed by atoms with Crippen LogP contribution in [0.1, 0.15) is 54.3 Å². The van der Waals surface area contributed by atoms with Crippen LogP contribution in [0.3, 0.4) is 0 Å². The van der Waals surface area contributed by atoms with Crippen molar-refractivity contribution in [1.29, 1.82) is 0 Å². The predicted octanol–water partition coefficient (Wildman–Crippen LogP) is 3.93. The molecule has 6 heteroatoms. The average Bonchev–Trinajstić information content (AvgIpc) is 2.74. The topological polar surface area (TPSA) is 115 Å². The molecule has 0 heterocycles. The third-order valence-electron chi connectivity index (χ3n) is 4.09. The second-order valence-corrected chi connectivity index (χ2v) is 6.15. The van der Waals surface area contributed by atoms with Gasteiger partial charge in [0.25, 0.3) is 0 Å². The number of aliphatic hydroxyl groups excluding tert-OH is 2. The number of hydrogen-bond donors (Lipinski definition) is 4. The number of hydrogen-bond acceptors (Lipinski definition) is 4. The Morgan fingerprint density at radius 2 is 1.00 bits per heavy atom. The third kappa shape index (κ3) is 10.4. The van der Waals surface area contributed by atoms with Crippen molar-refractivity contribution < 1.29 is 30.0 Å². The number of carboxylic acid groups (broad SMARTS) is 2. The van der Waals surface area contributed by atoms with Crippen LogP contribution >= 0.6 is 0 Å². The lowest BCUT2D eigenvalue weighted by Gasteiger charge is -2.21. The summed E-state index contributed by atoms with van der Waals surface area (Å²) >= 11 is 0. The zero-order valence-corrected chi connectivity index (χ0v) is 16.5. The van der Waals surface area contributed by atoms with Crippen LogP contribution in [-0.4, -0.2) is 44.6 Å². The lowest BCUT2D eigenvalue weighted by Crippen LogP contribution is -2.28. The van der Waals surface area contributed by atoms with E-state index in [0.29, 0.717) is 11.1 Å². The van der Waals surface area contributed by atoms with E-state index in [0.717, 1.165) is 12.8 Å². The Kier molecular flexibility index (Phi) is 13.0. The molecule has 0 radical (unpaired) electrons. The molecule has 6 nitrogen and oxygen atoms in total. The van der Waals surface area contributed by atoms with Crippen LogP contribution in [-0.2, 0) is 0 Å². The van der Waals surface area contributed by atoms with Crippen LogP contribution in [0.2, 0.25) is 0 Å². The maximum atomic E-state index is 10.2. The Labute approximate surface area is 166 Å². The second kappa shape index (κ2) is 14.4. The molecule has 0 bridgehead atoms. The van der Waals surface area contributed by atoms with Crippen molar-refractivity contribution in [3.63, 3.8) is 0 Å². The van der Waals surface area contributed by atoms with Gasteiger partial charge in [-0.15, -0.1) is 0 Å². The normalized spacial score (nSPS) is 12.9. The molecule has 0 aliphatic carbocycles. The monoisotopic (exact) mass is 390 g/mol. The smallest absolute Gasteiger partial charge is 0.335 e. The second-order valence-electron chi connectivity index (χ2n) is 6.15. The molecular weight excluding hydrogens is 360 g/mol. The summed E-state index contributed by atoms with van der Waals surface area (Å²) in [5.74, 6) is -1.75. The summed E-state index contributed by atoms with van der Waals surface area (Å²) in [6.45, 7) is 5.72. The van der Waals surface area contributed by atoms with Crippen LogP contribution in [0.4, 0.5) is 0 Å². The van der Waals surface area contributed by atoms with E-state index in [2.05, 4.69) is 0 Å². The fraction of sp³-hybridized carbons (Fsp3) is 0.364. The molecule has 154 valence electrons. The van der Waals surface area contributed by atoms with Gasteiger partial charge >= 0.3 is 11.9 Å². The molecule has 4 N–H and O–H groups in total. The van der Waals surface area contributed by atoms with E-state index < -0.39 is 11.9 Å². The molecule has 0 aliphatic heterocycles. The number of aromatic carboxylic acids is 2. The van der Waals surface area contributed by atoms with Crippen LogP contribution in [0.5, 0.6) is 0 Å². The van der Waals surface area contributed by atoms with E-state index in [4.69, 9.17) is 10.2 Å². The van der Waals surface area contributed by atoms with Crippen molar-refractivity contribution in [1.82, 2.24) is 0 Å². The van der Waals surface area contributed by atoms with E-state index in [1.54, 1.807) is 60.7 Å². The number of aliphatic hydroxyl groups is 2. The van der Waals surface area contributed by atoms with E-state index in [-0.39, 0.29) is 18.1 Å². The quantitative estimate of drug-likeness (QED) is 0.594. The van der Waals surface area contributed by atoms with E-state index >= 15 is 0 Å². The van der Waals surface area contributed by atoms with Gasteiger partial charge in [-0.25, -0.2) is 9.59 Å². The highest BCUT2D eigenvalue weighted by Gasteiger charge is 2.18. The molecule has 2 aromatic carbocycles. The summed E-state index contributed by atoms with van der Waals surface area (Å²) in [6.07, 6.45) is 0.737. The fourth-order valence-corrected chi connectivity index (χ4v) is 2.16. The predicted molar refractivity (Wildman–Crippen MR) is 109 cm³/mol. The van der Waals surface area contributed by atoms with Crippen molar-refractivity contribution in [2.24, 2.45) is 5.92 Å². The molecule has 0 spiro atoms. The summed E-state index contributed by atoms with van der Waals surface area (Å²) in [6, 6.07) is 16.6. The van der Waals surface area contributed by atoms with Gasteiger partial charge in [0.2, 0.25) is 0 Å². The van der Waals surface area contributed by atoms with Gasteiger partial charge in [-0.3, -0.25) is 0 Å². The largest absolute Gasteiger partial charge is 0.478 e. The minimum atomic E-state index is -0.879. The summed E-state index contributed by atoms with van der Waals surface area (Å²) in [7, 11) is 0. The lowest BCUT2D eigenvalue weighted by atomic mass is 9.95. The van der Waals surface area contributed by atoms with Crippen LogP contribution in [0, 0.1) is 5.92 Å². The van der Waals surface area contributed by atoms with E-state index in [9.17, 15) is 19.8 Å². The van der Waals surface area contributed by atoms with Crippen molar-refractivity contribution in [3.8, 4) is 0 Å². The van der Waals surface area contributed by atoms with Crippen molar-refractivity contribution in [3.05, 3.63) is 71.8 Å². The number of benzene rings is 2. The standard InChI is InChI=1S/C8H18O2.2C7H6O2/c1-4-7(9)6(3)8(10)5-2;2*8-7(9)6-4-2-1-3-5-6/h6-10H,4-5H2,1-3H3;2*1-5H,(H,8,9). The molecule has 2 rings (SSSR count). The SMILES string of the molecule is CCC(O)C(C)C(O)CC.O=C(O)c1ccccc1.O=C(O)c1ccccc1. The third-order valence-corrected chi connectivity index (χ3v) is 4.09. The van der Waals surface area contributed by atoms with Gasteiger partial charge in [0.05, 0.1) is 23.3 Å². The molecule has 0 fully saturated rings. The first-order chi connectivity index (χ1) is 13.2. The van der Waals surface area contributed by atoms with Crippen LogP contribution in [0.25, 0.3) is 0 Å². The average molecular weight is 390 g/mol. The van der Waals surface area contributed by atoms with E-state index in [1.807, 2.05) is 20.8 Å². The van der Waals surface area contributed by atoms with Gasteiger partial charge in [0, 0.05) is 5.92 Å². The summed E-state index contributed by atoms with van der Waals surface area (Å²) in [4.78, 5) is 20.4. The Morgan fingerprint density at radius 3 is 1.18 bits per heavy atom. The Hall–Kier alpha value is -2.70. The Balaban J connectivity index is 0.000000391. The molecule has 0 aliphatic rings. The van der Waals surface area contributed by atoms with Crippen molar-refractivity contribution >= 4 is 11.9 Å². The molecule has 0 saturated carbocycles. The number of carboxylic acids is 2. The first-order valence-corrected chi connectivity index (χ1v) is 9.17. The van der Waals surface area contributed by atoms with Crippen LogP contribution < -0.4 is 0 Å². The van der Waals surface area contributed by atoms with Crippen molar-refractivity contribution in [2.75, 3.05) is 0 Å². The number of carbonyl (C=O) groups is 2. The van der Waals surface area contributed by atoms with Gasteiger partial charge < -0.3 is 20.4 Å². The Bertz CT molecular complexity index is 612. The minimum absolute atomic E-state index is 0.00926. The molecular formula is C22H30O6.